The highest BCUT2D eigenvalue weighted by Gasteiger charge is 2.34. The van der Waals surface area contributed by atoms with Crippen molar-refractivity contribution in [3.05, 3.63) is 12.7 Å². The molecule has 2 fully saturated rings. The van der Waals surface area contributed by atoms with Crippen LogP contribution in [0.15, 0.2) is 12.7 Å². The summed E-state index contributed by atoms with van der Waals surface area (Å²) in [6, 6.07) is 0. The first-order valence-corrected chi connectivity index (χ1v) is 6.56. The van der Waals surface area contributed by atoms with Gasteiger partial charge in [-0.2, -0.15) is 0 Å². The van der Waals surface area contributed by atoms with Crippen LogP contribution < -0.4 is 0 Å². The average molecular weight is 250 g/mol. The predicted molar refractivity (Wildman–Crippen MR) is 55.1 cm³/mol. The lowest BCUT2D eigenvalue weighted by Crippen LogP contribution is -2.08. The maximum Gasteiger partial charge on any atom is 0.475 e. The van der Waals surface area contributed by atoms with Crippen molar-refractivity contribution in [1.29, 1.82) is 0 Å². The van der Waals surface area contributed by atoms with Gasteiger partial charge in [0, 0.05) is 0 Å². The lowest BCUT2D eigenvalue weighted by atomic mass is 10.5. The molecular formula is C9H15O6P. The number of rotatable bonds is 9. The van der Waals surface area contributed by atoms with Crippen LogP contribution in [0.2, 0.25) is 0 Å². The van der Waals surface area contributed by atoms with Crippen LogP contribution in [0.4, 0.5) is 0 Å². The summed E-state index contributed by atoms with van der Waals surface area (Å²) in [7, 11) is -3.49. The Morgan fingerprint density at radius 2 is 1.69 bits per heavy atom. The highest BCUT2D eigenvalue weighted by Crippen LogP contribution is 2.50. The monoisotopic (exact) mass is 250 g/mol. The predicted octanol–water partition coefficient (Wildman–Crippen LogP) is 1.13. The summed E-state index contributed by atoms with van der Waals surface area (Å²) in [6.07, 6.45) is 1.52. The van der Waals surface area contributed by atoms with Crippen LogP contribution in [0.3, 0.4) is 0 Å². The van der Waals surface area contributed by atoms with E-state index in [0.29, 0.717) is 13.2 Å². The molecule has 0 amide bonds. The smallest absolute Gasteiger partial charge is 0.371 e. The van der Waals surface area contributed by atoms with E-state index in [-0.39, 0.29) is 32.0 Å². The van der Waals surface area contributed by atoms with Crippen LogP contribution in [0.5, 0.6) is 0 Å². The van der Waals surface area contributed by atoms with E-state index in [2.05, 4.69) is 6.58 Å². The minimum Gasteiger partial charge on any atom is -0.371 e. The van der Waals surface area contributed by atoms with Crippen LogP contribution in [0.1, 0.15) is 0 Å². The highest BCUT2D eigenvalue weighted by atomic mass is 31.2. The molecule has 2 aliphatic heterocycles. The van der Waals surface area contributed by atoms with Crippen LogP contribution in [-0.4, -0.2) is 45.2 Å². The first kappa shape index (κ1) is 12.2. The van der Waals surface area contributed by atoms with Crippen molar-refractivity contribution >= 4 is 7.82 Å². The normalized spacial score (nSPS) is 30.8. The van der Waals surface area contributed by atoms with Gasteiger partial charge >= 0.3 is 7.82 Å². The third-order valence-corrected chi connectivity index (χ3v) is 3.39. The van der Waals surface area contributed by atoms with Crippen molar-refractivity contribution < 1.29 is 27.6 Å². The fourth-order valence-electron chi connectivity index (χ4n) is 0.933. The van der Waals surface area contributed by atoms with E-state index >= 15 is 0 Å². The van der Waals surface area contributed by atoms with E-state index < -0.39 is 7.82 Å². The van der Waals surface area contributed by atoms with Crippen molar-refractivity contribution in [1.82, 2.24) is 0 Å². The molecule has 2 unspecified atom stereocenters. The van der Waals surface area contributed by atoms with Crippen molar-refractivity contribution in [3.8, 4) is 0 Å². The Labute approximate surface area is 94.1 Å². The van der Waals surface area contributed by atoms with Gasteiger partial charge in [-0.15, -0.1) is 6.58 Å². The second-order valence-electron chi connectivity index (χ2n) is 3.53. The number of epoxide rings is 2. The maximum absolute atomic E-state index is 12.0. The number of phosphoric acid groups is 1. The van der Waals surface area contributed by atoms with Gasteiger partial charge in [0.25, 0.3) is 0 Å². The molecule has 6 nitrogen and oxygen atoms in total. The maximum atomic E-state index is 12.0. The van der Waals surface area contributed by atoms with E-state index in [0.717, 1.165) is 0 Å². The Hall–Kier alpha value is -0.230. The fourth-order valence-corrected chi connectivity index (χ4v) is 2.14. The summed E-state index contributed by atoms with van der Waals surface area (Å²) in [4.78, 5) is 0. The fraction of sp³-hybridized carbons (Fsp3) is 0.778. The number of hydrogen-bond donors (Lipinski definition) is 0. The van der Waals surface area contributed by atoms with E-state index in [9.17, 15) is 4.57 Å². The summed E-state index contributed by atoms with van der Waals surface area (Å²) in [5.41, 5.74) is 0. The van der Waals surface area contributed by atoms with Crippen LogP contribution in [0.25, 0.3) is 0 Å². The first-order valence-electron chi connectivity index (χ1n) is 5.09. The molecule has 2 heterocycles. The third kappa shape index (κ3) is 4.33. The molecule has 0 aromatic carbocycles. The van der Waals surface area contributed by atoms with Gasteiger partial charge in [0.05, 0.1) is 33.0 Å². The van der Waals surface area contributed by atoms with Crippen molar-refractivity contribution in [2.45, 2.75) is 12.2 Å². The van der Waals surface area contributed by atoms with E-state index in [4.69, 9.17) is 23.0 Å². The molecule has 0 saturated carbocycles. The highest BCUT2D eigenvalue weighted by molar-refractivity contribution is 7.48. The molecule has 0 aromatic rings. The van der Waals surface area contributed by atoms with E-state index in [1.807, 2.05) is 0 Å². The number of ether oxygens (including phenoxy) is 2. The van der Waals surface area contributed by atoms with Gasteiger partial charge in [-0.1, -0.05) is 6.08 Å². The average Bonchev–Trinajstić information content (AvgIpc) is 3.16. The molecule has 0 aliphatic carbocycles. The summed E-state index contributed by atoms with van der Waals surface area (Å²) >= 11 is 0. The number of hydrogen-bond acceptors (Lipinski definition) is 6. The Morgan fingerprint density at radius 3 is 2.06 bits per heavy atom. The first-order chi connectivity index (χ1) is 7.72. The molecule has 2 aliphatic rings. The molecule has 0 radical (unpaired) electrons. The largest absolute Gasteiger partial charge is 0.475 e. The van der Waals surface area contributed by atoms with Crippen LogP contribution in [-0.2, 0) is 27.6 Å². The topological polar surface area (TPSA) is 69.8 Å². The summed E-state index contributed by atoms with van der Waals surface area (Å²) in [5, 5.41) is 0. The van der Waals surface area contributed by atoms with Gasteiger partial charge in [0.15, 0.2) is 0 Å². The third-order valence-electron chi connectivity index (χ3n) is 1.99. The van der Waals surface area contributed by atoms with Gasteiger partial charge < -0.3 is 9.47 Å². The van der Waals surface area contributed by atoms with Crippen LogP contribution >= 0.6 is 7.82 Å². The SMILES string of the molecule is C=CCOP(=O)(OCC1CO1)OCC1CO1. The molecule has 2 atom stereocenters. The summed E-state index contributed by atoms with van der Waals surface area (Å²) in [6.45, 7) is 5.30. The minimum absolute atomic E-state index is 0.0152. The Morgan fingerprint density at radius 1 is 1.19 bits per heavy atom. The Kier molecular flexibility index (Phi) is 4.13. The molecule has 92 valence electrons. The molecule has 0 spiro atoms. The van der Waals surface area contributed by atoms with Crippen molar-refractivity contribution in [2.24, 2.45) is 0 Å². The zero-order chi connectivity index (χ0) is 11.4. The number of phosphoric ester groups is 1. The molecule has 2 saturated heterocycles. The molecule has 2 rings (SSSR count). The Balaban J connectivity index is 1.75. The molecule has 7 heteroatoms. The van der Waals surface area contributed by atoms with Gasteiger partial charge in [-0.05, 0) is 0 Å². The summed E-state index contributed by atoms with van der Waals surface area (Å²) < 4.78 is 37.1. The lowest BCUT2D eigenvalue weighted by molar-refractivity contribution is 0.108. The van der Waals surface area contributed by atoms with E-state index in [1.165, 1.54) is 6.08 Å². The second kappa shape index (κ2) is 5.40. The molecule has 0 aromatic heterocycles. The molecular weight excluding hydrogens is 235 g/mol. The second-order valence-corrected chi connectivity index (χ2v) is 5.20. The molecule has 16 heavy (non-hydrogen) atoms. The Bertz CT molecular complexity index is 266. The van der Waals surface area contributed by atoms with Crippen molar-refractivity contribution in [3.63, 3.8) is 0 Å². The molecule has 0 N–H and O–H groups in total. The van der Waals surface area contributed by atoms with Gasteiger partial charge in [-0.25, -0.2) is 4.57 Å². The zero-order valence-corrected chi connectivity index (χ0v) is 9.77. The zero-order valence-electron chi connectivity index (χ0n) is 8.87. The minimum atomic E-state index is -3.49. The van der Waals surface area contributed by atoms with Gasteiger partial charge in [-0.3, -0.25) is 13.6 Å². The lowest BCUT2D eigenvalue weighted by Gasteiger charge is -2.16. The standard InChI is InChI=1S/C9H15O6P/c1-2-3-13-16(10,14-6-8-4-11-8)15-7-9-5-12-9/h2,8-9H,1,3-7H2. The summed E-state index contributed by atoms with van der Waals surface area (Å²) in [5.74, 6) is 0. The van der Waals surface area contributed by atoms with Crippen LogP contribution in [0, 0.1) is 0 Å². The molecule has 0 bridgehead atoms. The van der Waals surface area contributed by atoms with Gasteiger partial charge in [0.2, 0.25) is 0 Å². The van der Waals surface area contributed by atoms with E-state index in [1.54, 1.807) is 0 Å². The quantitative estimate of drug-likeness (QED) is 0.347. The van der Waals surface area contributed by atoms with Gasteiger partial charge in [0.1, 0.15) is 12.2 Å². The van der Waals surface area contributed by atoms with Crippen molar-refractivity contribution in [2.75, 3.05) is 33.0 Å².